The van der Waals surface area contributed by atoms with E-state index in [1.54, 1.807) is 0 Å². The minimum Gasteiger partial charge on any atom is -0.240 e. The van der Waals surface area contributed by atoms with Crippen molar-refractivity contribution in [3.8, 4) is 10.6 Å². The fourth-order valence-corrected chi connectivity index (χ4v) is 3.45. The van der Waals surface area contributed by atoms with Gasteiger partial charge in [-0.1, -0.05) is 42.1 Å². The lowest BCUT2D eigenvalue weighted by Gasteiger charge is -2.05. The van der Waals surface area contributed by atoms with Crippen LogP contribution in [-0.2, 0) is 11.9 Å². The number of alkyl halides is 3. The van der Waals surface area contributed by atoms with E-state index in [-0.39, 0.29) is 5.16 Å². The number of halogens is 3. The van der Waals surface area contributed by atoms with Gasteiger partial charge in [0.15, 0.2) is 5.16 Å². The Kier molecular flexibility index (Phi) is 4.63. The summed E-state index contributed by atoms with van der Waals surface area (Å²) in [4.78, 5) is 11.9. The monoisotopic (exact) mass is 353 g/mol. The Bertz CT molecular complexity index is 788. The van der Waals surface area contributed by atoms with Crippen molar-refractivity contribution in [2.45, 2.75) is 17.1 Å². The molecule has 8 heteroatoms. The quantitative estimate of drug-likeness (QED) is 0.493. The number of thiazole rings is 1. The molecule has 0 radical (unpaired) electrons. The number of aromatic nitrogens is 3. The van der Waals surface area contributed by atoms with Gasteiger partial charge in [0.2, 0.25) is 0 Å². The molecule has 0 N–H and O–H groups in total. The average Bonchev–Trinajstić information content (AvgIpc) is 3.02. The predicted octanol–water partition coefficient (Wildman–Crippen LogP) is 4.91. The van der Waals surface area contributed by atoms with Gasteiger partial charge in [-0.15, -0.1) is 11.3 Å². The van der Waals surface area contributed by atoms with E-state index >= 15 is 0 Å². The molecule has 0 saturated heterocycles. The maximum absolute atomic E-state index is 12.6. The normalized spacial score (nSPS) is 11.6. The predicted molar refractivity (Wildman–Crippen MR) is 84.1 cm³/mol. The molecule has 0 fully saturated rings. The highest BCUT2D eigenvalue weighted by Crippen LogP contribution is 2.30. The van der Waals surface area contributed by atoms with Crippen molar-refractivity contribution in [2.24, 2.45) is 0 Å². The Morgan fingerprint density at radius 2 is 1.83 bits per heavy atom. The van der Waals surface area contributed by atoms with Gasteiger partial charge in [0.1, 0.15) is 10.7 Å². The van der Waals surface area contributed by atoms with Crippen LogP contribution in [0, 0.1) is 0 Å². The third-order valence-electron chi connectivity index (χ3n) is 2.85. The highest BCUT2D eigenvalue weighted by atomic mass is 32.2. The van der Waals surface area contributed by atoms with Crippen LogP contribution in [0.2, 0.25) is 0 Å². The van der Waals surface area contributed by atoms with E-state index in [1.165, 1.54) is 11.3 Å². The molecule has 0 aliphatic carbocycles. The van der Waals surface area contributed by atoms with Gasteiger partial charge >= 0.3 is 6.18 Å². The first-order valence-corrected chi connectivity index (χ1v) is 8.42. The number of benzene rings is 1. The van der Waals surface area contributed by atoms with E-state index < -0.39 is 11.9 Å². The van der Waals surface area contributed by atoms with Crippen LogP contribution in [0.5, 0.6) is 0 Å². The third-order valence-corrected chi connectivity index (χ3v) is 4.68. The molecule has 2 aromatic heterocycles. The summed E-state index contributed by atoms with van der Waals surface area (Å²) in [6.45, 7) is 0. The number of hydrogen-bond acceptors (Lipinski definition) is 5. The summed E-state index contributed by atoms with van der Waals surface area (Å²) in [5, 5.41) is 2.86. The minimum atomic E-state index is -4.46. The molecule has 1 aromatic carbocycles. The summed E-state index contributed by atoms with van der Waals surface area (Å²) in [7, 11) is 0. The smallest absolute Gasteiger partial charge is 0.240 e. The van der Waals surface area contributed by atoms with Crippen LogP contribution < -0.4 is 0 Å². The zero-order chi connectivity index (χ0) is 16.3. The zero-order valence-corrected chi connectivity index (χ0v) is 13.3. The van der Waals surface area contributed by atoms with Crippen LogP contribution in [0.15, 0.2) is 53.1 Å². The molecule has 3 rings (SSSR count). The second-order valence-electron chi connectivity index (χ2n) is 4.52. The number of thioether (sulfide) groups is 1. The van der Waals surface area contributed by atoms with Gasteiger partial charge in [-0.25, -0.2) is 15.0 Å². The summed E-state index contributed by atoms with van der Waals surface area (Å²) in [6.07, 6.45) is -3.34. The van der Waals surface area contributed by atoms with Gasteiger partial charge in [-0.05, 0) is 6.07 Å². The topological polar surface area (TPSA) is 38.7 Å². The molecule has 0 atom stereocenters. The Labute approximate surface area is 138 Å². The molecule has 0 unspecified atom stereocenters. The largest absolute Gasteiger partial charge is 0.433 e. The van der Waals surface area contributed by atoms with Gasteiger partial charge in [0.05, 0.1) is 5.69 Å². The number of nitrogens with zero attached hydrogens (tertiary/aromatic N) is 3. The summed E-state index contributed by atoms with van der Waals surface area (Å²) >= 11 is 2.63. The first kappa shape index (κ1) is 15.9. The van der Waals surface area contributed by atoms with E-state index in [1.807, 2.05) is 35.7 Å². The molecule has 0 amide bonds. The van der Waals surface area contributed by atoms with Gasteiger partial charge in [-0.2, -0.15) is 13.2 Å². The molecule has 2 heterocycles. The molecule has 0 aliphatic heterocycles. The molecular weight excluding hydrogens is 343 g/mol. The Hall–Kier alpha value is -1.93. The second kappa shape index (κ2) is 6.67. The van der Waals surface area contributed by atoms with Crippen molar-refractivity contribution >= 4 is 23.1 Å². The molecule has 0 aliphatic rings. The minimum absolute atomic E-state index is 0.0917. The van der Waals surface area contributed by atoms with Crippen LogP contribution in [0.3, 0.4) is 0 Å². The van der Waals surface area contributed by atoms with Crippen LogP contribution in [-0.4, -0.2) is 15.0 Å². The Balaban J connectivity index is 1.69. The lowest BCUT2D eigenvalue weighted by molar-refractivity contribution is -0.141. The molecule has 0 bridgehead atoms. The van der Waals surface area contributed by atoms with Crippen molar-refractivity contribution in [3.63, 3.8) is 0 Å². The molecule has 3 nitrogen and oxygen atoms in total. The van der Waals surface area contributed by atoms with Crippen LogP contribution >= 0.6 is 23.1 Å². The van der Waals surface area contributed by atoms with Gasteiger partial charge in [0.25, 0.3) is 0 Å². The summed E-state index contributed by atoms with van der Waals surface area (Å²) in [6, 6.07) is 10.6. The van der Waals surface area contributed by atoms with Gasteiger partial charge < -0.3 is 0 Å². The Morgan fingerprint density at radius 1 is 1.04 bits per heavy atom. The third kappa shape index (κ3) is 4.08. The highest BCUT2D eigenvalue weighted by Gasteiger charge is 2.32. The molecule has 118 valence electrons. The maximum Gasteiger partial charge on any atom is 0.433 e. The van der Waals surface area contributed by atoms with Crippen LogP contribution in [0.1, 0.15) is 11.4 Å². The molecule has 23 heavy (non-hydrogen) atoms. The van der Waals surface area contributed by atoms with Crippen molar-refractivity contribution in [1.29, 1.82) is 0 Å². The highest BCUT2D eigenvalue weighted by molar-refractivity contribution is 7.98. The lowest BCUT2D eigenvalue weighted by atomic mass is 10.2. The first-order valence-electron chi connectivity index (χ1n) is 6.55. The van der Waals surface area contributed by atoms with E-state index in [9.17, 15) is 13.2 Å². The van der Waals surface area contributed by atoms with Crippen molar-refractivity contribution in [2.75, 3.05) is 0 Å². The van der Waals surface area contributed by atoms with Crippen molar-refractivity contribution < 1.29 is 13.2 Å². The maximum atomic E-state index is 12.6. The average molecular weight is 353 g/mol. The zero-order valence-electron chi connectivity index (χ0n) is 11.6. The van der Waals surface area contributed by atoms with Crippen molar-refractivity contribution in [3.05, 3.63) is 59.4 Å². The molecule has 3 aromatic rings. The standard InChI is InChI=1S/C15H10F3N3S2/c16-15(17,18)12-6-7-19-14(21-12)23-9-11-8-22-13(20-11)10-4-2-1-3-5-10/h1-8H,9H2. The van der Waals surface area contributed by atoms with Crippen molar-refractivity contribution in [1.82, 2.24) is 15.0 Å². The van der Waals surface area contributed by atoms with Crippen LogP contribution in [0.25, 0.3) is 10.6 Å². The van der Waals surface area contributed by atoms with E-state index in [4.69, 9.17) is 0 Å². The first-order chi connectivity index (χ1) is 11.0. The summed E-state index contributed by atoms with van der Waals surface area (Å²) in [5.74, 6) is 0.421. The Morgan fingerprint density at radius 3 is 2.57 bits per heavy atom. The number of rotatable bonds is 4. The number of hydrogen-bond donors (Lipinski definition) is 0. The fourth-order valence-electron chi connectivity index (χ4n) is 1.79. The molecule has 0 saturated carbocycles. The molecule has 0 spiro atoms. The van der Waals surface area contributed by atoms with E-state index in [2.05, 4.69) is 15.0 Å². The van der Waals surface area contributed by atoms with Gasteiger partial charge in [-0.3, -0.25) is 0 Å². The lowest BCUT2D eigenvalue weighted by Crippen LogP contribution is -2.08. The molecular formula is C15H10F3N3S2. The SMILES string of the molecule is FC(F)(F)c1ccnc(SCc2csc(-c3ccccc3)n2)n1. The summed E-state index contributed by atoms with van der Waals surface area (Å²) < 4.78 is 37.8. The van der Waals surface area contributed by atoms with Gasteiger partial charge in [0, 0.05) is 22.9 Å². The van der Waals surface area contributed by atoms with Crippen LogP contribution in [0.4, 0.5) is 13.2 Å². The summed E-state index contributed by atoms with van der Waals surface area (Å²) in [5.41, 5.74) is 0.877. The second-order valence-corrected chi connectivity index (χ2v) is 6.32. The fraction of sp³-hybridized carbons (Fsp3) is 0.133. The van der Waals surface area contributed by atoms with E-state index in [0.29, 0.717) is 5.75 Å². The van der Waals surface area contributed by atoms with E-state index in [0.717, 1.165) is 40.3 Å².